The van der Waals surface area contributed by atoms with E-state index in [0.717, 1.165) is 16.5 Å². The monoisotopic (exact) mass is 225 g/mol. The summed E-state index contributed by atoms with van der Waals surface area (Å²) in [7, 11) is 0. The summed E-state index contributed by atoms with van der Waals surface area (Å²) in [5.74, 6) is -0.209. The molecule has 1 aromatic heterocycles. The first-order chi connectivity index (χ1) is 8.34. The third-order valence-corrected chi connectivity index (χ3v) is 2.82. The number of nitrogens with zero attached hydrogens (tertiary/aromatic N) is 1. The molecule has 2 nitrogen and oxygen atoms in total. The van der Waals surface area contributed by atoms with E-state index in [1.54, 1.807) is 6.07 Å². The Morgan fingerprint density at radius 1 is 1.12 bits per heavy atom. The third-order valence-electron chi connectivity index (χ3n) is 2.82. The standard InChI is InChI=1S/C14H10FN2/c15-13-6-7-14-12(9-16-17-14)11(13)8-10-4-2-1-3-5-10/h1-7H,8H2,(H,16,17). The van der Waals surface area contributed by atoms with Gasteiger partial charge in [-0.25, -0.2) is 4.39 Å². The van der Waals surface area contributed by atoms with Gasteiger partial charge in [0.25, 0.3) is 0 Å². The minimum absolute atomic E-state index is 0.209. The second-order valence-corrected chi connectivity index (χ2v) is 3.95. The summed E-state index contributed by atoms with van der Waals surface area (Å²) < 4.78 is 13.8. The lowest BCUT2D eigenvalue weighted by Crippen LogP contribution is -1.93. The van der Waals surface area contributed by atoms with Crippen LogP contribution in [0.5, 0.6) is 0 Å². The van der Waals surface area contributed by atoms with Gasteiger partial charge in [0.2, 0.25) is 0 Å². The normalized spacial score (nSPS) is 10.9. The van der Waals surface area contributed by atoms with Crippen molar-refractivity contribution in [2.45, 2.75) is 6.42 Å². The van der Waals surface area contributed by atoms with Crippen molar-refractivity contribution in [1.29, 1.82) is 0 Å². The zero-order valence-corrected chi connectivity index (χ0v) is 9.07. The molecule has 2 aromatic carbocycles. The number of fused-ring (bicyclic) bond motifs is 1. The maximum Gasteiger partial charge on any atom is 0.127 e. The van der Waals surface area contributed by atoms with Gasteiger partial charge in [-0.1, -0.05) is 30.3 Å². The molecule has 3 aromatic rings. The Kier molecular flexibility index (Phi) is 2.37. The summed E-state index contributed by atoms with van der Waals surface area (Å²) in [5.41, 5.74) is 2.54. The van der Waals surface area contributed by atoms with Crippen molar-refractivity contribution in [3.63, 3.8) is 0 Å². The Morgan fingerprint density at radius 3 is 2.76 bits per heavy atom. The molecule has 3 rings (SSSR count). The minimum Gasteiger partial charge on any atom is -0.277 e. The molecule has 0 aliphatic carbocycles. The molecular weight excluding hydrogens is 215 g/mol. The van der Waals surface area contributed by atoms with Crippen LogP contribution in [-0.2, 0) is 6.42 Å². The van der Waals surface area contributed by atoms with Gasteiger partial charge in [0.1, 0.15) is 12.0 Å². The van der Waals surface area contributed by atoms with Crippen molar-refractivity contribution in [3.8, 4) is 0 Å². The van der Waals surface area contributed by atoms with Crippen LogP contribution in [-0.4, -0.2) is 10.2 Å². The molecule has 3 heteroatoms. The first kappa shape index (κ1) is 10.0. The zero-order valence-electron chi connectivity index (χ0n) is 9.07. The molecule has 0 unspecified atom stereocenters. The number of rotatable bonds is 2. The highest BCUT2D eigenvalue weighted by Crippen LogP contribution is 2.22. The van der Waals surface area contributed by atoms with Gasteiger partial charge in [-0.05, 0) is 17.7 Å². The second-order valence-electron chi connectivity index (χ2n) is 3.95. The van der Waals surface area contributed by atoms with Crippen LogP contribution < -0.4 is 0 Å². The van der Waals surface area contributed by atoms with Crippen molar-refractivity contribution < 1.29 is 4.39 Å². The number of nitrogens with one attached hydrogen (secondary N) is 1. The summed E-state index contributed by atoms with van der Waals surface area (Å²) in [6, 6.07) is 13.0. The van der Waals surface area contributed by atoms with Crippen molar-refractivity contribution in [3.05, 3.63) is 65.6 Å². The van der Waals surface area contributed by atoms with Crippen LogP contribution in [0.1, 0.15) is 11.1 Å². The van der Waals surface area contributed by atoms with Gasteiger partial charge in [0, 0.05) is 17.4 Å². The Labute approximate surface area is 98.1 Å². The molecule has 0 saturated carbocycles. The van der Waals surface area contributed by atoms with Gasteiger partial charge in [0.15, 0.2) is 0 Å². The molecule has 1 heterocycles. The van der Waals surface area contributed by atoms with Crippen molar-refractivity contribution in [2.24, 2.45) is 0 Å². The molecule has 0 aliphatic rings. The van der Waals surface area contributed by atoms with E-state index in [2.05, 4.69) is 16.4 Å². The fraction of sp³-hybridized carbons (Fsp3) is 0.0714. The number of halogens is 1. The molecule has 0 atom stereocenters. The average molecular weight is 225 g/mol. The highest BCUT2D eigenvalue weighted by molar-refractivity contribution is 5.81. The number of hydrogen-bond donors (Lipinski definition) is 1. The van der Waals surface area contributed by atoms with E-state index in [1.807, 2.05) is 30.3 Å². The fourth-order valence-corrected chi connectivity index (χ4v) is 1.96. The third kappa shape index (κ3) is 1.80. The largest absolute Gasteiger partial charge is 0.277 e. The van der Waals surface area contributed by atoms with Gasteiger partial charge < -0.3 is 0 Å². The van der Waals surface area contributed by atoms with Crippen LogP contribution in [0.15, 0.2) is 42.5 Å². The number of aromatic nitrogens is 2. The Hall–Kier alpha value is -2.16. The van der Waals surface area contributed by atoms with E-state index in [0.29, 0.717) is 12.0 Å². The van der Waals surface area contributed by atoms with Gasteiger partial charge >= 0.3 is 0 Å². The summed E-state index contributed by atoms with van der Waals surface area (Å²) in [6.45, 7) is 0. The lowest BCUT2D eigenvalue weighted by molar-refractivity contribution is 0.616. The Balaban J connectivity index is 2.10. The van der Waals surface area contributed by atoms with Crippen molar-refractivity contribution >= 4 is 10.9 Å². The summed E-state index contributed by atoms with van der Waals surface area (Å²) in [5, 5.41) is 7.36. The molecule has 0 spiro atoms. The molecule has 0 amide bonds. The molecule has 1 N–H and O–H groups in total. The second kappa shape index (κ2) is 4.01. The summed E-state index contributed by atoms with van der Waals surface area (Å²) in [6.07, 6.45) is 3.36. The molecule has 1 radical (unpaired) electrons. The average Bonchev–Trinajstić information content (AvgIpc) is 2.83. The maximum atomic E-state index is 13.8. The Bertz CT molecular complexity index is 644. The predicted molar refractivity (Wildman–Crippen MR) is 64.1 cm³/mol. The molecule has 17 heavy (non-hydrogen) atoms. The van der Waals surface area contributed by atoms with E-state index in [1.165, 1.54) is 6.07 Å². The van der Waals surface area contributed by atoms with E-state index >= 15 is 0 Å². The topological polar surface area (TPSA) is 28.7 Å². The predicted octanol–water partition coefficient (Wildman–Crippen LogP) is 3.09. The first-order valence-corrected chi connectivity index (χ1v) is 5.41. The van der Waals surface area contributed by atoms with Gasteiger partial charge in [0.05, 0.1) is 5.52 Å². The van der Waals surface area contributed by atoms with Crippen molar-refractivity contribution in [2.75, 3.05) is 0 Å². The lowest BCUT2D eigenvalue weighted by atomic mass is 10.0. The van der Waals surface area contributed by atoms with Crippen LogP contribution in [0.25, 0.3) is 10.9 Å². The first-order valence-electron chi connectivity index (χ1n) is 5.41. The lowest BCUT2D eigenvalue weighted by Gasteiger charge is -2.04. The van der Waals surface area contributed by atoms with E-state index in [9.17, 15) is 4.39 Å². The van der Waals surface area contributed by atoms with Crippen LogP contribution in [0.3, 0.4) is 0 Å². The zero-order chi connectivity index (χ0) is 11.7. The number of benzene rings is 2. The molecule has 0 bridgehead atoms. The number of aromatic amines is 1. The van der Waals surface area contributed by atoms with Crippen LogP contribution in [0, 0.1) is 12.0 Å². The van der Waals surface area contributed by atoms with Crippen LogP contribution in [0.4, 0.5) is 4.39 Å². The minimum atomic E-state index is -0.209. The molecule has 0 aliphatic heterocycles. The van der Waals surface area contributed by atoms with Crippen LogP contribution in [0.2, 0.25) is 0 Å². The highest BCUT2D eigenvalue weighted by Gasteiger charge is 2.09. The van der Waals surface area contributed by atoms with Gasteiger partial charge in [-0.15, -0.1) is 0 Å². The number of hydrogen-bond acceptors (Lipinski definition) is 1. The van der Waals surface area contributed by atoms with E-state index in [-0.39, 0.29) is 5.82 Å². The fourth-order valence-electron chi connectivity index (χ4n) is 1.96. The molecule has 0 fully saturated rings. The maximum absolute atomic E-state index is 13.8. The summed E-state index contributed by atoms with van der Waals surface area (Å²) in [4.78, 5) is 0. The summed E-state index contributed by atoms with van der Waals surface area (Å²) >= 11 is 0. The quantitative estimate of drug-likeness (QED) is 0.713. The van der Waals surface area contributed by atoms with E-state index in [4.69, 9.17) is 0 Å². The van der Waals surface area contributed by atoms with Gasteiger partial charge in [-0.3, -0.25) is 5.10 Å². The number of H-pyrrole nitrogens is 1. The highest BCUT2D eigenvalue weighted by atomic mass is 19.1. The van der Waals surface area contributed by atoms with Crippen molar-refractivity contribution in [1.82, 2.24) is 10.2 Å². The Morgan fingerprint density at radius 2 is 1.94 bits per heavy atom. The SMILES string of the molecule is Fc1ccc2[nH]n[c]c2c1Cc1ccccc1. The smallest absolute Gasteiger partial charge is 0.127 e. The molecular formula is C14H10FN2. The molecule has 0 saturated heterocycles. The van der Waals surface area contributed by atoms with Gasteiger partial charge in [-0.2, -0.15) is 5.10 Å². The van der Waals surface area contributed by atoms with Crippen LogP contribution >= 0.6 is 0 Å². The molecule has 83 valence electrons. The van der Waals surface area contributed by atoms with E-state index < -0.39 is 0 Å².